The quantitative estimate of drug-likeness (QED) is 0.545. The average Bonchev–Trinajstić information content (AvgIpc) is 3.15. The van der Waals surface area contributed by atoms with E-state index in [4.69, 9.17) is 27.6 Å². The maximum atomic E-state index is 12.5. The molecule has 9 heteroatoms. The van der Waals surface area contributed by atoms with Crippen LogP contribution in [0, 0.1) is 0 Å². The van der Waals surface area contributed by atoms with Crippen molar-refractivity contribution in [1.82, 2.24) is 0 Å². The molecular formula is C19H16Cl2N2O4S. The molecule has 3 rings (SSSR count). The number of carbonyl (C=O) groups excluding carboxylic acids is 1. The third-order valence-electron chi connectivity index (χ3n) is 3.79. The zero-order chi connectivity index (χ0) is 20.1. The fraction of sp³-hybridized carbons (Fsp3) is 0.105. The number of furan rings is 1. The number of aryl methyl sites for hydroxylation is 1. The number of hydrogen-bond acceptors (Lipinski definition) is 4. The van der Waals surface area contributed by atoms with Crippen molar-refractivity contribution in [2.75, 3.05) is 10.0 Å². The predicted octanol–water partition coefficient (Wildman–Crippen LogP) is 4.96. The van der Waals surface area contributed by atoms with Crippen molar-refractivity contribution in [3.63, 3.8) is 0 Å². The molecule has 0 saturated heterocycles. The highest BCUT2D eigenvalue weighted by atomic mass is 35.5. The molecule has 3 aromatic rings. The topological polar surface area (TPSA) is 88.4 Å². The van der Waals surface area contributed by atoms with Gasteiger partial charge in [0.05, 0.1) is 16.3 Å². The molecule has 2 N–H and O–H groups in total. The first-order chi connectivity index (χ1) is 13.3. The summed E-state index contributed by atoms with van der Waals surface area (Å²) in [5.74, 6) is 0.561. The van der Waals surface area contributed by atoms with E-state index in [0.717, 1.165) is 5.76 Å². The first kappa shape index (κ1) is 20.3. The zero-order valence-corrected chi connectivity index (χ0v) is 16.8. The van der Waals surface area contributed by atoms with Crippen molar-refractivity contribution in [3.05, 3.63) is 76.7 Å². The minimum Gasteiger partial charge on any atom is -0.469 e. The van der Waals surface area contributed by atoms with Gasteiger partial charge >= 0.3 is 0 Å². The zero-order valence-electron chi connectivity index (χ0n) is 14.5. The third kappa shape index (κ3) is 5.07. The molecule has 0 radical (unpaired) electrons. The lowest BCUT2D eigenvalue weighted by Crippen LogP contribution is -2.14. The van der Waals surface area contributed by atoms with Gasteiger partial charge in [-0.1, -0.05) is 29.3 Å². The van der Waals surface area contributed by atoms with Crippen molar-refractivity contribution in [3.8, 4) is 0 Å². The van der Waals surface area contributed by atoms with E-state index in [1.165, 1.54) is 24.3 Å². The summed E-state index contributed by atoms with van der Waals surface area (Å²) < 4.78 is 32.7. The Balaban J connectivity index is 1.63. The summed E-state index contributed by atoms with van der Waals surface area (Å²) in [6.45, 7) is 0. The molecule has 1 amide bonds. The van der Waals surface area contributed by atoms with Crippen LogP contribution in [0.4, 0.5) is 11.4 Å². The number of benzene rings is 2. The van der Waals surface area contributed by atoms with E-state index < -0.39 is 10.0 Å². The second-order valence-corrected chi connectivity index (χ2v) is 8.29. The summed E-state index contributed by atoms with van der Waals surface area (Å²) in [6, 6.07) is 14.3. The number of nitrogens with one attached hydrogen (secondary N) is 2. The molecule has 6 nitrogen and oxygen atoms in total. The fourth-order valence-electron chi connectivity index (χ4n) is 2.48. The summed E-state index contributed by atoms with van der Waals surface area (Å²) in [5.41, 5.74) is 0.854. The van der Waals surface area contributed by atoms with Gasteiger partial charge in [-0.05, 0) is 48.5 Å². The van der Waals surface area contributed by atoms with E-state index in [2.05, 4.69) is 10.0 Å². The lowest BCUT2D eigenvalue weighted by Gasteiger charge is -2.11. The molecule has 146 valence electrons. The van der Waals surface area contributed by atoms with Crippen LogP contribution in [0.15, 0.2) is 70.2 Å². The van der Waals surface area contributed by atoms with Gasteiger partial charge in [0.15, 0.2) is 0 Å². The van der Waals surface area contributed by atoms with Crippen LogP contribution in [0.25, 0.3) is 0 Å². The van der Waals surface area contributed by atoms with Crippen LogP contribution in [0.1, 0.15) is 12.2 Å². The first-order valence-electron chi connectivity index (χ1n) is 8.24. The summed E-state index contributed by atoms with van der Waals surface area (Å²) in [4.78, 5) is 11.8. The molecule has 0 atom stereocenters. The van der Waals surface area contributed by atoms with Gasteiger partial charge < -0.3 is 9.73 Å². The van der Waals surface area contributed by atoms with Crippen LogP contribution in [0.5, 0.6) is 0 Å². The third-order valence-corrected chi connectivity index (χ3v) is 6.12. The van der Waals surface area contributed by atoms with E-state index in [0.29, 0.717) is 17.8 Å². The van der Waals surface area contributed by atoms with Gasteiger partial charge in [0, 0.05) is 24.2 Å². The summed E-state index contributed by atoms with van der Waals surface area (Å²) in [5, 5.41) is 2.80. The minimum atomic E-state index is -3.96. The number of amides is 1. The number of carbonyl (C=O) groups is 1. The Morgan fingerprint density at radius 3 is 2.18 bits per heavy atom. The van der Waals surface area contributed by atoms with Crippen molar-refractivity contribution >= 4 is 50.5 Å². The van der Waals surface area contributed by atoms with Crippen LogP contribution < -0.4 is 10.0 Å². The van der Waals surface area contributed by atoms with Crippen molar-refractivity contribution in [2.45, 2.75) is 17.7 Å². The second kappa shape index (κ2) is 8.68. The van der Waals surface area contributed by atoms with E-state index in [1.54, 1.807) is 36.6 Å². The SMILES string of the molecule is O=C(CCc1ccco1)Nc1ccc(NS(=O)(=O)c2c(Cl)cccc2Cl)cc1. The van der Waals surface area contributed by atoms with Crippen LogP contribution in [-0.4, -0.2) is 14.3 Å². The molecule has 0 fully saturated rings. The van der Waals surface area contributed by atoms with Crippen LogP contribution >= 0.6 is 23.2 Å². The Bertz CT molecular complexity index is 1050. The molecule has 0 aliphatic heterocycles. The molecule has 0 unspecified atom stereocenters. The molecular weight excluding hydrogens is 423 g/mol. The minimum absolute atomic E-state index is 0.0282. The summed E-state index contributed by atoms with van der Waals surface area (Å²) in [6.07, 6.45) is 2.32. The molecule has 0 bridgehead atoms. The van der Waals surface area contributed by atoms with Gasteiger partial charge in [-0.25, -0.2) is 8.42 Å². The Hall–Kier alpha value is -2.48. The largest absolute Gasteiger partial charge is 0.469 e. The van der Waals surface area contributed by atoms with Gasteiger partial charge in [0.25, 0.3) is 10.0 Å². The normalized spacial score (nSPS) is 11.2. The van der Waals surface area contributed by atoms with Crippen LogP contribution in [0.2, 0.25) is 10.0 Å². The van der Waals surface area contributed by atoms with Gasteiger partial charge in [-0.3, -0.25) is 9.52 Å². The molecule has 1 aromatic heterocycles. The van der Waals surface area contributed by atoms with Crippen molar-refractivity contribution in [1.29, 1.82) is 0 Å². The highest BCUT2D eigenvalue weighted by molar-refractivity contribution is 7.93. The van der Waals surface area contributed by atoms with Gasteiger partial charge in [0.1, 0.15) is 10.7 Å². The number of hydrogen-bond donors (Lipinski definition) is 2. The Morgan fingerprint density at radius 2 is 1.57 bits per heavy atom. The fourth-order valence-corrected chi connectivity index (χ4v) is 4.69. The lowest BCUT2D eigenvalue weighted by atomic mass is 10.2. The molecule has 1 heterocycles. The monoisotopic (exact) mass is 438 g/mol. The van der Waals surface area contributed by atoms with E-state index >= 15 is 0 Å². The molecule has 2 aromatic carbocycles. The molecule has 0 aliphatic rings. The maximum absolute atomic E-state index is 12.5. The van der Waals surface area contributed by atoms with Gasteiger partial charge in [0.2, 0.25) is 5.91 Å². The number of sulfonamides is 1. The Morgan fingerprint density at radius 1 is 0.929 bits per heavy atom. The Kier molecular flexibility index (Phi) is 6.28. The molecule has 0 saturated carbocycles. The van der Waals surface area contributed by atoms with E-state index in [-0.39, 0.29) is 27.3 Å². The number of rotatable bonds is 7. The van der Waals surface area contributed by atoms with Crippen LogP contribution in [-0.2, 0) is 21.2 Å². The van der Waals surface area contributed by atoms with Crippen molar-refractivity contribution in [2.24, 2.45) is 0 Å². The molecule has 0 aliphatic carbocycles. The van der Waals surface area contributed by atoms with Crippen LogP contribution in [0.3, 0.4) is 0 Å². The second-order valence-electron chi connectivity index (χ2n) is 5.86. The summed E-state index contributed by atoms with van der Waals surface area (Å²) >= 11 is 11.9. The molecule has 0 spiro atoms. The van der Waals surface area contributed by atoms with Gasteiger partial charge in [-0.2, -0.15) is 0 Å². The maximum Gasteiger partial charge on any atom is 0.264 e. The first-order valence-corrected chi connectivity index (χ1v) is 10.5. The average molecular weight is 439 g/mol. The highest BCUT2D eigenvalue weighted by Gasteiger charge is 2.21. The lowest BCUT2D eigenvalue weighted by molar-refractivity contribution is -0.116. The number of halogens is 2. The molecule has 28 heavy (non-hydrogen) atoms. The number of anilines is 2. The predicted molar refractivity (Wildman–Crippen MR) is 109 cm³/mol. The smallest absolute Gasteiger partial charge is 0.264 e. The Labute approximate surface area is 172 Å². The van der Waals surface area contributed by atoms with E-state index in [9.17, 15) is 13.2 Å². The standard InChI is InChI=1S/C19H16Cl2N2O4S/c20-16-4-1-5-17(21)19(16)28(25,26)23-14-8-6-13(7-9-14)22-18(24)11-10-15-3-2-12-27-15/h1-9,12,23H,10-11H2,(H,22,24). The van der Waals surface area contributed by atoms with E-state index in [1.807, 2.05) is 0 Å². The summed E-state index contributed by atoms with van der Waals surface area (Å²) in [7, 11) is -3.96. The van der Waals surface area contributed by atoms with Gasteiger partial charge in [-0.15, -0.1) is 0 Å². The highest BCUT2D eigenvalue weighted by Crippen LogP contribution is 2.30. The van der Waals surface area contributed by atoms with Crippen molar-refractivity contribution < 1.29 is 17.6 Å².